The smallest absolute Gasteiger partial charge is 0.269 e. The number of pyridine rings is 1. The van der Waals surface area contributed by atoms with Crippen LogP contribution < -0.4 is 10.3 Å². The molecule has 1 fully saturated rings. The highest BCUT2D eigenvalue weighted by Gasteiger charge is 2.40. The van der Waals surface area contributed by atoms with Crippen molar-refractivity contribution in [3.8, 4) is 5.88 Å². The third-order valence-electron chi connectivity index (χ3n) is 5.70. The third kappa shape index (κ3) is 4.23. The van der Waals surface area contributed by atoms with Crippen molar-refractivity contribution in [3.05, 3.63) is 69.0 Å². The summed E-state index contributed by atoms with van der Waals surface area (Å²) in [6.07, 6.45) is 6.23. The third-order valence-corrected chi connectivity index (χ3v) is 5.70. The van der Waals surface area contributed by atoms with Crippen LogP contribution in [0.1, 0.15) is 40.4 Å². The van der Waals surface area contributed by atoms with Crippen LogP contribution >= 0.6 is 0 Å². The number of rotatable bonds is 7. The zero-order chi connectivity index (χ0) is 20.5. The number of hydrogen-bond donors (Lipinski definition) is 0. The Hall–Kier alpha value is -2.96. The minimum atomic E-state index is -0.0784. The molecule has 0 radical (unpaired) electrons. The van der Waals surface area contributed by atoms with E-state index >= 15 is 0 Å². The SMILES string of the molecule is Cc1ccc([C@H]2C[C@@H]2COc2cc(CCc3c(C)cnn3C)c(=O)n(C)n2)nc1. The fourth-order valence-electron chi connectivity index (χ4n) is 3.76. The van der Waals surface area contributed by atoms with E-state index in [1.54, 1.807) is 13.1 Å². The Balaban J connectivity index is 1.40. The Morgan fingerprint density at radius 1 is 1.14 bits per heavy atom. The molecule has 2 atom stereocenters. The van der Waals surface area contributed by atoms with Gasteiger partial charge in [-0.15, -0.1) is 5.10 Å². The summed E-state index contributed by atoms with van der Waals surface area (Å²) in [5.41, 5.74) is 5.21. The van der Waals surface area contributed by atoms with Crippen molar-refractivity contribution in [1.29, 1.82) is 0 Å². The van der Waals surface area contributed by atoms with E-state index < -0.39 is 0 Å². The highest BCUT2D eigenvalue weighted by atomic mass is 16.5. The maximum Gasteiger partial charge on any atom is 0.269 e. The number of nitrogens with zero attached hydrogens (tertiary/aromatic N) is 5. The van der Waals surface area contributed by atoms with Gasteiger partial charge in [-0.3, -0.25) is 14.5 Å². The van der Waals surface area contributed by atoms with E-state index in [1.165, 1.54) is 10.2 Å². The van der Waals surface area contributed by atoms with E-state index in [0.29, 0.717) is 36.3 Å². The fourth-order valence-corrected chi connectivity index (χ4v) is 3.76. The first kappa shape index (κ1) is 19.4. The number of aryl methyl sites for hydroxylation is 5. The van der Waals surface area contributed by atoms with E-state index in [4.69, 9.17) is 4.74 Å². The molecule has 0 aliphatic heterocycles. The Morgan fingerprint density at radius 3 is 2.66 bits per heavy atom. The number of ether oxygens (including phenoxy) is 1. The van der Waals surface area contributed by atoms with Gasteiger partial charge in [0.15, 0.2) is 0 Å². The summed E-state index contributed by atoms with van der Waals surface area (Å²) in [6.45, 7) is 4.67. The number of aromatic nitrogens is 5. The quantitative estimate of drug-likeness (QED) is 0.617. The van der Waals surface area contributed by atoms with Crippen LogP contribution in [0.2, 0.25) is 0 Å². The average Bonchev–Trinajstić information content (AvgIpc) is 3.41. The number of hydrogen-bond acceptors (Lipinski definition) is 5. The van der Waals surface area contributed by atoms with Crippen molar-refractivity contribution in [3.63, 3.8) is 0 Å². The summed E-state index contributed by atoms with van der Waals surface area (Å²) in [7, 11) is 3.60. The molecule has 0 spiro atoms. The molecule has 1 saturated carbocycles. The summed E-state index contributed by atoms with van der Waals surface area (Å²) < 4.78 is 9.18. The van der Waals surface area contributed by atoms with Crippen molar-refractivity contribution in [2.24, 2.45) is 20.0 Å². The van der Waals surface area contributed by atoms with Gasteiger partial charge in [0.1, 0.15) is 0 Å². The summed E-state index contributed by atoms with van der Waals surface area (Å²) in [4.78, 5) is 17.0. The average molecular weight is 393 g/mol. The molecular formula is C22H27N5O2. The topological polar surface area (TPSA) is 74.8 Å². The van der Waals surface area contributed by atoms with Crippen LogP contribution in [0.4, 0.5) is 0 Å². The molecule has 3 aromatic heterocycles. The van der Waals surface area contributed by atoms with Crippen molar-refractivity contribution < 1.29 is 4.74 Å². The van der Waals surface area contributed by atoms with E-state index in [-0.39, 0.29) is 5.56 Å². The van der Waals surface area contributed by atoms with Gasteiger partial charge in [-0.05, 0) is 50.3 Å². The van der Waals surface area contributed by atoms with Gasteiger partial charge in [-0.2, -0.15) is 5.10 Å². The largest absolute Gasteiger partial charge is 0.476 e. The van der Waals surface area contributed by atoms with Crippen LogP contribution in [0, 0.1) is 19.8 Å². The molecule has 0 aromatic carbocycles. The Kier molecular flexibility index (Phi) is 5.22. The normalized spacial score (nSPS) is 18.1. The van der Waals surface area contributed by atoms with Crippen LogP contribution in [0.15, 0.2) is 35.4 Å². The second-order valence-electron chi connectivity index (χ2n) is 8.01. The molecule has 7 heteroatoms. The van der Waals surface area contributed by atoms with Gasteiger partial charge in [0.25, 0.3) is 5.56 Å². The first-order valence-corrected chi connectivity index (χ1v) is 10.0. The Bertz CT molecular complexity index is 1050. The van der Waals surface area contributed by atoms with Crippen LogP contribution in [-0.4, -0.2) is 31.2 Å². The van der Waals surface area contributed by atoms with Gasteiger partial charge in [-0.1, -0.05) is 6.07 Å². The second-order valence-corrected chi connectivity index (χ2v) is 8.01. The molecule has 0 saturated heterocycles. The Labute approximate surface area is 170 Å². The fraction of sp³-hybridized carbons (Fsp3) is 0.455. The second kappa shape index (κ2) is 7.81. The zero-order valence-corrected chi connectivity index (χ0v) is 17.4. The van der Waals surface area contributed by atoms with E-state index in [9.17, 15) is 4.79 Å². The highest BCUT2D eigenvalue weighted by molar-refractivity contribution is 5.23. The van der Waals surface area contributed by atoms with Crippen LogP contribution in [0.5, 0.6) is 5.88 Å². The van der Waals surface area contributed by atoms with E-state index in [2.05, 4.69) is 27.3 Å². The molecule has 29 heavy (non-hydrogen) atoms. The Morgan fingerprint density at radius 2 is 1.97 bits per heavy atom. The molecule has 0 unspecified atom stereocenters. The van der Waals surface area contributed by atoms with Gasteiger partial charge >= 0.3 is 0 Å². The summed E-state index contributed by atoms with van der Waals surface area (Å²) in [6, 6.07) is 5.99. The molecule has 152 valence electrons. The van der Waals surface area contributed by atoms with Gasteiger partial charge < -0.3 is 4.74 Å². The molecule has 3 aromatic rings. The highest BCUT2D eigenvalue weighted by Crippen LogP contribution is 2.46. The lowest BCUT2D eigenvalue weighted by atomic mass is 10.1. The molecule has 0 amide bonds. The lowest BCUT2D eigenvalue weighted by molar-refractivity contribution is 0.277. The predicted octanol–water partition coefficient (Wildman–Crippen LogP) is 2.49. The molecule has 0 N–H and O–H groups in total. The monoisotopic (exact) mass is 393 g/mol. The minimum Gasteiger partial charge on any atom is -0.476 e. The predicted molar refractivity (Wildman–Crippen MR) is 110 cm³/mol. The minimum absolute atomic E-state index is 0.0784. The summed E-state index contributed by atoms with van der Waals surface area (Å²) in [5, 5.41) is 8.54. The molecule has 0 bridgehead atoms. The van der Waals surface area contributed by atoms with Crippen molar-refractivity contribution in [2.75, 3.05) is 6.61 Å². The molecule has 7 nitrogen and oxygen atoms in total. The van der Waals surface area contributed by atoms with Crippen LogP contribution in [-0.2, 0) is 26.9 Å². The lowest BCUT2D eigenvalue weighted by Crippen LogP contribution is -2.24. The van der Waals surface area contributed by atoms with Gasteiger partial charge in [0.05, 0.1) is 12.8 Å². The van der Waals surface area contributed by atoms with Gasteiger partial charge in [0, 0.05) is 55.1 Å². The lowest BCUT2D eigenvalue weighted by Gasteiger charge is -2.10. The van der Waals surface area contributed by atoms with Crippen molar-refractivity contribution in [2.45, 2.75) is 39.0 Å². The molecule has 1 aliphatic rings. The van der Waals surface area contributed by atoms with Gasteiger partial charge in [0.2, 0.25) is 5.88 Å². The maximum atomic E-state index is 12.5. The van der Waals surface area contributed by atoms with Crippen LogP contribution in [0.25, 0.3) is 0 Å². The molecule has 3 heterocycles. The van der Waals surface area contributed by atoms with E-state index in [0.717, 1.165) is 29.8 Å². The van der Waals surface area contributed by atoms with Crippen LogP contribution in [0.3, 0.4) is 0 Å². The van der Waals surface area contributed by atoms with Gasteiger partial charge in [-0.25, -0.2) is 4.68 Å². The summed E-state index contributed by atoms with van der Waals surface area (Å²) >= 11 is 0. The first-order chi connectivity index (χ1) is 13.9. The molecular weight excluding hydrogens is 366 g/mol. The first-order valence-electron chi connectivity index (χ1n) is 10.0. The van der Waals surface area contributed by atoms with Crippen molar-refractivity contribution >= 4 is 0 Å². The standard InChI is InChI=1S/C22H27N5O2/c1-14-5-7-19(23-11-14)18-9-17(18)13-29-21-10-16(22(28)27(4)25-21)6-8-20-15(2)12-24-26(20)3/h5,7,10-12,17-18H,6,8-9,13H2,1-4H3/t17-,18+/m1/s1. The van der Waals surface area contributed by atoms with Crippen molar-refractivity contribution in [1.82, 2.24) is 24.5 Å². The maximum absolute atomic E-state index is 12.5. The molecule has 4 rings (SSSR count). The zero-order valence-electron chi connectivity index (χ0n) is 17.4. The molecule has 1 aliphatic carbocycles. The summed E-state index contributed by atoms with van der Waals surface area (Å²) in [5.74, 6) is 1.41. The van der Waals surface area contributed by atoms with E-state index in [1.807, 2.05) is 38.0 Å².